The molecule has 9 nitrogen and oxygen atoms in total. The summed E-state index contributed by atoms with van der Waals surface area (Å²) in [7, 11) is 0. The van der Waals surface area contributed by atoms with Gasteiger partial charge in [-0.1, -0.05) is 320 Å². The lowest BCUT2D eigenvalue weighted by atomic mass is 9.99. The second-order valence-corrected chi connectivity index (χ2v) is 24.3. The average Bonchev–Trinajstić information content (AvgIpc) is 3.65. The topological polar surface area (TPSA) is 149 Å². The first-order valence-electron chi connectivity index (χ1n) is 36.1. The van der Waals surface area contributed by atoms with Gasteiger partial charge in [-0.05, 0) is 109 Å². The molecule has 0 radical (unpaired) electrons. The summed E-state index contributed by atoms with van der Waals surface area (Å²) in [6.45, 7) is 3.65. The number of rotatable bonds is 61. The van der Waals surface area contributed by atoms with Gasteiger partial charge in [0, 0.05) is 6.42 Å². The van der Waals surface area contributed by atoms with Crippen molar-refractivity contribution in [2.24, 2.45) is 0 Å². The summed E-state index contributed by atoms with van der Waals surface area (Å²) in [5, 5.41) is 54.7. The summed E-state index contributed by atoms with van der Waals surface area (Å²) in [5.74, 6) is -0.214. The van der Waals surface area contributed by atoms with Crippen molar-refractivity contribution in [2.45, 2.75) is 333 Å². The first kappa shape index (κ1) is 82.1. The second kappa shape index (κ2) is 66.0. The van der Waals surface area contributed by atoms with E-state index in [-0.39, 0.29) is 12.5 Å². The van der Waals surface area contributed by atoms with Gasteiger partial charge in [-0.15, -0.1) is 0 Å². The van der Waals surface area contributed by atoms with Crippen molar-refractivity contribution in [1.82, 2.24) is 5.32 Å². The Bertz CT molecular complexity index is 1900. The van der Waals surface area contributed by atoms with Crippen LogP contribution in [0.4, 0.5) is 0 Å². The van der Waals surface area contributed by atoms with Gasteiger partial charge in [0.2, 0.25) is 5.91 Å². The van der Waals surface area contributed by atoms with Crippen LogP contribution < -0.4 is 5.32 Å². The van der Waals surface area contributed by atoms with Crippen molar-refractivity contribution >= 4 is 5.91 Å². The Hall–Kier alpha value is -3.93. The van der Waals surface area contributed by atoms with E-state index < -0.39 is 49.5 Å². The highest BCUT2D eigenvalue weighted by Crippen LogP contribution is 2.23. The molecular weight excluding hydrogens is 1090 g/mol. The van der Waals surface area contributed by atoms with Gasteiger partial charge in [0.05, 0.1) is 25.4 Å². The predicted molar refractivity (Wildman–Crippen MR) is 377 cm³/mol. The van der Waals surface area contributed by atoms with Gasteiger partial charge in [0.15, 0.2) is 6.29 Å². The molecule has 9 heteroatoms. The van der Waals surface area contributed by atoms with Gasteiger partial charge in [-0.2, -0.15) is 0 Å². The number of carbonyl (C=O) groups is 1. The van der Waals surface area contributed by atoms with Gasteiger partial charge in [-0.25, -0.2) is 0 Å². The molecule has 0 spiro atoms. The van der Waals surface area contributed by atoms with Crippen molar-refractivity contribution < 1.29 is 39.8 Å². The minimum atomic E-state index is -1.59. The van der Waals surface area contributed by atoms with E-state index in [2.05, 4.69) is 153 Å². The summed E-state index contributed by atoms with van der Waals surface area (Å²) in [6, 6.07) is -0.849. The van der Waals surface area contributed by atoms with E-state index in [9.17, 15) is 30.3 Å². The molecule has 1 saturated heterocycles. The molecule has 502 valence electrons. The van der Waals surface area contributed by atoms with Crippen LogP contribution in [0.25, 0.3) is 0 Å². The van der Waals surface area contributed by atoms with Crippen molar-refractivity contribution in [1.29, 1.82) is 0 Å². The van der Waals surface area contributed by atoms with E-state index in [0.717, 1.165) is 109 Å². The molecule has 1 amide bonds. The zero-order valence-corrected chi connectivity index (χ0v) is 56.2. The number of ether oxygens (including phenoxy) is 2. The van der Waals surface area contributed by atoms with E-state index in [0.29, 0.717) is 12.8 Å². The summed E-state index contributed by atoms with van der Waals surface area (Å²) in [5.41, 5.74) is 0. The molecule has 0 aromatic heterocycles. The van der Waals surface area contributed by atoms with Crippen molar-refractivity contribution in [3.05, 3.63) is 146 Å². The highest BCUT2D eigenvalue weighted by molar-refractivity contribution is 5.76. The van der Waals surface area contributed by atoms with Crippen LogP contribution in [0, 0.1) is 0 Å². The molecule has 7 atom stereocenters. The molecule has 0 bridgehead atoms. The monoisotopic (exact) mass is 1220 g/mol. The van der Waals surface area contributed by atoms with E-state index in [4.69, 9.17) is 9.47 Å². The van der Waals surface area contributed by atoms with Gasteiger partial charge in [0.25, 0.3) is 0 Å². The lowest BCUT2D eigenvalue weighted by Crippen LogP contribution is -2.60. The largest absolute Gasteiger partial charge is 0.394 e. The maximum Gasteiger partial charge on any atom is 0.220 e. The van der Waals surface area contributed by atoms with Crippen LogP contribution >= 0.6 is 0 Å². The molecule has 7 unspecified atom stereocenters. The maximum atomic E-state index is 13.1. The van der Waals surface area contributed by atoms with Crippen LogP contribution in [0.2, 0.25) is 0 Å². The molecule has 1 aliphatic heterocycles. The Balaban J connectivity index is 2.21. The first-order valence-corrected chi connectivity index (χ1v) is 36.1. The number of aliphatic hydroxyl groups excluding tert-OH is 5. The molecule has 1 rings (SSSR count). The Morgan fingerprint density at radius 2 is 0.716 bits per heavy atom. The Kier molecular flexibility index (Phi) is 61.6. The third kappa shape index (κ3) is 53.9. The molecular formula is C79H133NO8. The zero-order chi connectivity index (χ0) is 63.5. The third-order valence-corrected chi connectivity index (χ3v) is 16.1. The molecule has 88 heavy (non-hydrogen) atoms. The molecule has 6 N–H and O–H groups in total. The summed E-state index contributed by atoms with van der Waals surface area (Å²) < 4.78 is 11.3. The van der Waals surface area contributed by atoms with Gasteiger partial charge in [0.1, 0.15) is 24.4 Å². The van der Waals surface area contributed by atoms with Crippen LogP contribution in [-0.4, -0.2) is 87.5 Å². The van der Waals surface area contributed by atoms with Crippen LogP contribution in [0.3, 0.4) is 0 Å². The van der Waals surface area contributed by atoms with Crippen molar-refractivity contribution in [3.8, 4) is 0 Å². The molecule has 1 aliphatic rings. The normalized spacial score (nSPS) is 18.8. The number of carbonyl (C=O) groups excluding carboxylic acids is 1. The summed E-state index contributed by atoms with van der Waals surface area (Å²) in [4.78, 5) is 13.1. The highest BCUT2D eigenvalue weighted by Gasteiger charge is 2.44. The van der Waals surface area contributed by atoms with Gasteiger partial charge >= 0.3 is 0 Å². The minimum Gasteiger partial charge on any atom is -0.394 e. The molecule has 0 aromatic rings. The third-order valence-electron chi connectivity index (χ3n) is 16.1. The lowest BCUT2D eigenvalue weighted by molar-refractivity contribution is -0.302. The van der Waals surface area contributed by atoms with Crippen LogP contribution in [0.1, 0.15) is 290 Å². The predicted octanol–water partition coefficient (Wildman–Crippen LogP) is 20.1. The number of hydrogen-bond acceptors (Lipinski definition) is 8. The number of unbranched alkanes of at least 4 members (excludes halogenated alkanes) is 29. The Morgan fingerprint density at radius 1 is 0.398 bits per heavy atom. The van der Waals surface area contributed by atoms with Crippen LogP contribution in [0.5, 0.6) is 0 Å². The van der Waals surface area contributed by atoms with E-state index in [1.165, 1.54) is 154 Å². The minimum absolute atomic E-state index is 0.214. The standard InChI is InChI=1S/C79H133NO8/c1-3-5-7-9-11-13-15-17-19-21-23-25-27-29-31-33-35-36-37-38-39-41-43-45-47-49-51-53-55-57-59-61-63-65-67-69-75(83)80-72(71-87-79-78(86)77(85)76(84)74(70-81)88-79)73(82)68-66-64-62-60-58-56-54-52-50-48-46-44-42-40-34-32-30-28-26-24-22-20-18-16-14-12-10-8-6-4-2/h5,7,11,13,17,19,23,25,29,31,35-36,38-39,43,45,49,51,55,57-58,60,66,68,72-74,76-79,81-82,84-86H,3-4,6,8-10,12,14-16,18,20-22,24,26-28,30,32-34,37,40-42,44,46-48,50,52-54,56,59,61-65,67,69-71H2,1-2H3,(H,80,83)/b7-5-,13-11-,19-17-,25-23-,31-29-,36-35-,39-38-,45-43-,51-49-,57-55-,60-58+,68-66+. The van der Waals surface area contributed by atoms with E-state index >= 15 is 0 Å². The van der Waals surface area contributed by atoms with E-state index in [1.54, 1.807) is 6.08 Å². The maximum absolute atomic E-state index is 13.1. The number of allylic oxidation sites excluding steroid dienone is 23. The highest BCUT2D eigenvalue weighted by atomic mass is 16.7. The number of aliphatic hydroxyl groups is 5. The number of nitrogens with one attached hydrogen (secondary N) is 1. The van der Waals surface area contributed by atoms with Gasteiger partial charge < -0.3 is 40.3 Å². The van der Waals surface area contributed by atoms with Crippen molar-refractivity contribution in [3.63, 3.8) is 0 Å². The second-order valence-electron chi connectivity index (χ2n) is 24.3. The molecule has 0 aromatic carbocycles. The first-order chi connectivity index (χ1) is 43.3. The number of amides is 1. The molecule has 0 aliphatic carbocycles. The smallest absolute Gasteiger partial charge is 0.220 e. The Morgan fingerprint density at radius 3 is 1.09 bits per heavy atom. The SMILES string of the molecule is CC/C=C\C/C=C\C/C=C\C/C=C\C/C=C\C/C=C\C/C=C\C/C=C\C/C=C\C/C=C\CCCCCCC(=O)NC(COC1OC(CO)C(O)C(O)C1O)C(O)/C=C/CC/C=C/CCCCCCCCCCCCCCCCCCCCCCCCCC. The molecule has 0 saturated carbocycles. The fraction of sp³-hybridized carbons (Fsp3) is 0.684. The average molecular weight is 1220 g/mol. The zero-order valence-electron chi connectivity index (χ0n) is 56.2. The molecule has 1 heterocycles. The number of hydrogen-bond donors (Lipinski definition) is 6. The fourth-order valence-electron chi connectivity index (χ4n) is 10.6. The summed E-state index contributed by atoms with van der Waals surface area (Å²) >= 11 is 0. The van der Waals surface area contributed by atoms with Crippen LogP contribution in [-0.2, 0) is 14.3 Å². The van der Waals surface area contributed by atoms with E-state index in [1.807, 2.05) is 6.08 Å². The molecule has 1 fully saturated rings. The lowest BCUT2D eigenvalue weighted by Gasteiger charge is -2.40. The fourth-order valence-corrected chi connectivity index (χ4v) is 10.6. The summed E-state index contributed by atoms with van der Waals surface area (Å²) in [6.07, 6.45) is 95.2. The quantitative estimate of drug-likeness (QED) is 0.0261. The van der Waals surface area contributed by atoms with Crippen LogP contribution in [0.15, 0.2) is 146 Å². The van der Waals surface area contributed by atoms with Gasteiger partial charge in [-0.3, -0.25) is 4.79 Å². The Labute approximate surface area is 540 Å². The van der Waals surface area contributed by atoms with Crippen molar-refractivity contribution in [2.75, 3.05) is 13.2 Å².